The first-order valence-electron chi connectivity index (χ1n) is 10.9. The van der Waals surface area contributed by atoms with Crippen molar-refractivity contribution >= 4 is 17.6 Å². The van der Waals surface area contributed by atoms with Crippen LogP contribution < -0.4 is 0 Å². The number of halogens is 1. The maximum Gasteiger partial charge on any atom is 0.331 e. The second-order valence-electron chi connectivity index (χ2n) is 8.13. The number of hydrogen-bond acceptors (Lipinski definition) is 3. The minimum absolute atomic E-state index is 0.379. The van der Waals surface area contributed by atoms with Crippen LogP contribution in [-0.2, 0) is 17.8 Å². The third kappa shape index (κ3) is 6.38. The van der Waals surface area contributed by atoms with Crippen molar-refractivity contribution in [2.45, 2.75) is 52.1 Å². The Morgan fingerprint density at radius 1 is 1.16 bits per heavy atom. The molecule has 0 bridgehead atoms. The van der Waals surface area contributed by atoms with Gasteiger partial charge in [0, 0.05) is 35.8 Å². The van der Waals surface area contributed by atoms with E-state index in [9.17, 15) is 9.90 Å². The van der Waals surface area contributed by atoms with Gasteiger partial charge in [-0.05, 0) is 36.6 Å². The van der Waals surface area contributed by atoms with Gasteiger partial charge >= 0.3 is 5.97 Å². The number of aliphatic carboxylic acids is 1. The quantitative estimate of drug-likeness (QED) is 0.456. The van der Waals surface area contributed by atoms with Gasteiger partial charge in [-0.3, -0.25) is 0 Å². The Balaban J connectivity index is 1.88. The van der Waals surface area contributed by atoms with Gasteiger partial charge in [0.25, 0.3) is 0 Å². The first-order valence-corrected chi connectivity index (χ1v) is 11.3. The van der Waals surface area contributed by atoms with Crippen LogP contribution in [0.4, 0.5) is 0 Å². The van der Waals surface area contributed by atoms with Gasteiger partial charge in [0.05, 0.1) is 12.4 Å². The Morgan fingerprint density at radius 2 is 1.87 bits per heavy atom. The molecule has 1 atom stereocenters. The summed E-state index contributed by atoms with van der Waals surface area (Å²) in [6, 6.07) is 17.9. The topological polar surface area (TPSA) is 43.8 Å². The molecule has 5 heteroatoms. The molecule has 0 radical (unpaired) electrons. The van der Waals surface area contributed by atoms with E-state index in [1.807, 2.05) is 60.7 Å². The van der Waals surface area contributed by atoms with Crippen molar-refractivity contribution in [2.24, 2.45) is 0 Å². The van der Waals surface area contributed by atoms with Crippen LogP contribution >= 0.6 is 11.6 Å². The van der Waals surface area contributed by atoms with E-state index in [-0.39, 0.29) is 0 Å². The molecular formula is C26H31ClN2O2. The van der Waals surface area contributed by atoms with Crippen molar-refractivity contribution in [3.05, 3.63) is 94.3 Å². The zero-order chi connectivity index (χ0) is 22.2. The largest absolute Gasteiger partial charge is 0.478 e. The maximum absolute atomic E-state index is 12.0. The zero-order valence-electron chi connectivity index (χ0n) is 18.3. The molecule has 0 saturated heterocycles. The standard InChI is InChI=1S/C26H31ClN2O2/c1-3-4-10-20(2)28-18-24(29(19-28)17-22-13-8-9-14-25(22)27)16-23(26(30)31)15-21-11-6-5-7-12-21/h5-9,11-14,16,18,20H,3-4,10,15,17,19H2,1-2H3,(H,30,31)/b23-16+. The number of carboxylic acids is 1. The zero-order valence-corrected chi connectivity index (χ0v) is 19.1. The van der Waals surface area contributed by atoms with Gasteiger partial charge in [-0.25, -0.2) is 4.79 Å². The highest BCUT2D eigenvalue weighted by molar-refractivity contribution is 6.31. The summed E-state index contributed by atoms with van der Waals surface area (Å²) in [7, 11) is 0. The van der Waals surface area contributed by atoms with Crippen LogP contribution in [0.2, 0.25) is 5.02 Å². The minimum atomic E-state index is -0.889. The SMILES string of the molecule is CCCCC(C)N1C=C(/C=C(\Cc2ccccc2)C(=O)O)N(Cc2ccccc2Cl)C1. The second-order valence-corrected chi connectivity index (χ2v) is 8.53. The smallest absolute Gasteiger partial charge is 0.331 e. The van der Waals surface area contributed by atoms with E-state index in [1.165, 1.54) is 6.42 Å². The van der Waals surface area contributed by atoms with E-state index in [1.54, 1.807) is 0 Å². The molecule has 0 amide bonds. The number of unbranched alkanes of at least 4 members (excludes halogenated alkanes) is 1. The molecule has 31 heavy (non-hydrogen) atoms. The molecule has 1 aliphatic rings. The van der Waals surface area contributed by atoms with Crippen LogP contribution in [0.15, 0.2) is 78.1 Å². The van der Waals surface area contributed by atoms with E-state index in [4.69, 9.17) is 11.6 Å². The van der Waals surface area contributed by atoms with Crippen molar-refractivity contribution < 1.29 is 9.90 Å². The van der Waals surface area contributed by atoms with Gasteiger partial charge < -0.3 is 14.9 Å². The first kappa shape index (κ1) is 23.0. The fourth-order valence-corrected chi connectivity index (χ4v) is 3.98. The number of hydrogen-bond donors (Lipinski definition) is 1. The lowest BCUT2D eigenvalue weighted by Gasteiger charge is -2.28. The van der Waals surface area contributed by atoms with Crippen molar-refractivity contribution in [1.82, 2.24) is 9.80 Å². The summed E-state index contributed by atoms with van der Waals surface area (Å²) in [5.74, 6) is -0.889. The molecule has 1 N–H and O–H groups in total. The summed E-state index contributed by atoms with van der Waals surface area (Å²) >= 11 is 6.41. The highest BCUT2D eigenvalue weighted by atomic mass is 35.5. The fraction of sp³-hybridized carbons (Fsp3) is 0.346. The molecule has 0 spiro atoms. The van der Waals surface area contributed by atoms with Crippen molar-refractivity contribution in [3.8, 4) is 0 Å². The van der Waals surface area contributed by atoms with Gasteiger partial charge in [-0.2, -0.15) is 0 Å². The van der Waals surface area contributed by atoms with Crippen molar-refractivity contribution in [3.63, 3.8) is 0 Å². The van der Waals surface area contributed by atoms with Crippen molar-refractivity contribution in [1.29, 1.82) is 0 Å². The molecule has 164 valence electrons. The average Bonchev–Trinajstić information content (AvgIpc) is 3.16. The number of carboxylic acid groups (broad SMARTS) is 1. The third-order valence-corrected chi connectivity index (χ3v) is 6.06. The van der Waals surface area contributed by atoms with Crippen LogP contribution in [0.3, 0.4) is 0 Å². The number of allylic oxidation sites excluding steroid dienone is 1. The fourth-order valence-electron chi connectivity index (χ4n) is 3.79. The Bertz CT molecular complexity index is 939. The summed E-state index contributed by atoms with van der Waals surface area (Å²) in [4.78, 5) is 16.5. The molecule has 0 aromatic heterocycles. The number of benzene rings is 2. The van der Waals surface area contributed by atoms with Crippen LogP contribution in [0.25, 0.3) is 0 Å². The van der Waals surface area contributed by atoms with E-state index in [0.29, 0.717) is 24.6 Å². The number of rotatable bonds is 10. The molecule has 3 rings (SSSR count). The Kier molecular flexibility index (Phi) is 8.19. The lowest BCUT2D eigenvalue weighted by molar-refractivity contribution is -0.132. The van der Waals surface area contributed by atoms with Gasteiger partial charge in [0.1, 0.15) is 0 Å². The molecule has 0 aliphatic carbocycles. The molecule has 4 nitrogen and oxygen atoms in total. The second kappa shape index (κ2) is 11.1. The number of carbonyl (C=O) groups is 1. The van der Waals surface area contributed by atoms with Crippen LogP contribution in [-0.4, -0.2) is 33.6 Å². The molecule has 0 saturated carbocycles. The van der Waals surface area contributed by atoms with E-state index >= 15 is 0 Å². The maximum atomic E-state index is 12.0. The normalized spacial score (nSPS) is 15.2. The van der Waals surface area contributed by atoms with E-state index in [2.05, 4.69) is 29.8 Å². The van der Waals surface area contributed by atoms with Crippen LogP contribution in [0.5, 0.6) is 0 Å². The van der Waals surface area contributed by atoms with E-state index < -0.39 is 5.97 Å². The molecule has 1 heterocycles. The van der Waals surface area contributed by atoms with Crippen molar-refractivity contribution in [2.75, 3.05) is 6.67 Å². The highest BCUT2D eigenvalue weighted by Crippen LogP contribution is 2.27. The predicted octanol–water partition coefficient (Wildman–Crippen LogP) is 6.09. The molecule has 2 aromatic rings. The van der Waals surface area contributed by atoms with Gasteiger partial charge in [-0.1, -0.05) is 79.9 Å². The molecule has 0 fully saturated rings. The third-order valence-electron chi connectivity index (χ3n) is 5.69. The lowest BCUT2D eigenvalue weighted by Crippen LogP contribution is -2.32. The Hall–Kier alpha value is -2.72. The number of nitrogens with zero attached hydrogens (tertiary/aromatic N) is 2. The molecular weight excluding hydrogens is 408 g/mol. The monoisotopic (exact) mass is 438 g/mol. The first-order chi connectivity index (χ1) is 15.0. The Morgan fingerprint density at radius 3 is 2.55 bits per heavy atom. The van der Waals surface area contributed by atoms with Crippen LogP contribution in [0.1, 0.15) is 44.2 Å². The van der Waals surface area contributed by atoms with Gasteiger partial charge in [0.15, 0.2) is 0 Å². The van der Waals surface area contributed by atoms with Gasteiger partial charge in [0.2, 0.25) is 0 Å². The molecule has 2 aromatic carbocycles. The van der Waals surface area contributed by atoms with Crippen LogP contribution in [0, 0.1) is 0 Å². The summed E-state index contributed by atoms with van der Waals surface area (Å²) in [6.07, 6.45) is 7.76. The summed E-state index contributed by atoms with van der Waals surface area (Å²) in [6.45, 7) is 5.79. The van der Waals surface area contributed by atoms with E-state index in [0.717, 1.165) is 41.4 Å². The molecule has 1 unspecified atom stereocenters. The molecule has 1 aliphatic heterocycles. The predicted molar refractivity (Wildman–Crippen MR) is 127 cm³/mol. The minimum Gasteiger partial charge on any atom is -0.478 e. The summed E-state index contributed by atoms with van der Waals surface area (Å²) in [5.41, 5.74) is 3.31. The Labute approximate surface area is 190 Å². The lowest BCUT2D eigenvalue weighted by atomic mass is 10.0. The highest BCUT2D eigenvalue weighted by Gasteiger charge is 2.25. The summed E-state index contributed by atoms with van der Waals surface area (Å²) < 4.78 is 0. The summed E-state index contributed by atoms with van der Waals surface area (Å²) in [5, 5.41) is 10.6. The average molecular weight is 439 g/mol. The van der Waals surface area contributed by atoms with Gasteiger partial charge in [-0.15, -0.1) is 0 Å².